The van der Waals surface area contributed by atoms with Gasteiger partial charge in [0, 0.05) is 19.2 Å². The third kappa shape index (κ3) is 5.52. The molecule has 0 bridgehead atoms. The molecule has 0 heterocycles. The maximum absolute atomic E-state index is 11.8. The molecular formula is C14H20N2O3. The second kappa shape index (κ2) is 7.53. The highest BCUT2D eigenvalue weighted by Gasteiger charge is 2.13. The summed E-state index contributed by atoms with van der Waals surface area (Å²) in [6, 6.07) is 6.89. The number of hydrogen-bond acceptors (Lipinski definition) is 3. The quantitative estimate of drug-likeness (QED) is 0.719. The van der Waals surface area contributed by atoms with Crippen LogP contribution in [0.3, 0.4) is 0 Å². The predicted molar refractivity (Wildman–Crippen MR) is 73.8 cm³/mol. The largest absolute Gasteiger partial charge is 0.396 e. The van der Waals surface area contributed by atoms with Gasteiger partial charge in [-0.1, -0.05) is 12.1 Å². The fourth-order valence-electron chi connectivity index (χ4n) is 1.71. The van der Waals surface area contributed by atoms with Crippen molar-refractivity contribution >= 4 is 17.5 Å². The molecule has 1 rings (SSSR count). The summed E-state index contributed by atoms with van der Waals surface area (Å²) in [4.78, 5) is 22.7. The van der Waals surface area contributed by atoms with Gasteiger partial charge >= 0.3 is 0 Å². The Labute approximate surface area is 113 Å². The second-order valence-electron chi connectivity index (χ2n) is 4.44. The van der Waals surface area contributed by atoms with E-state index >= 15 is 0 Å². The van der Waals surface area contributed by atoms with Crippen molar-refractivity contribution in [1.82, 2.24) is 5.32 Å². The van der Waals surface area contributed by atoms with Crippen LogP contribution < -0.4 is 10.6 Å². The van der Waals surface area contributed by atoms with Crippen molar-refractivity contribution in [2.75, 3.05) is 11.9 Å². The maximum atomic E-state index is 11.8. The Hall–Kier alpha value is -1.88. The topological polar surface area (TPSA) is 78.4 Å². The van der Waals surface area contributed by atoms with Crippen LogP contribution in [-0.2, 0) is 16.0 Å². The minimum atomic E-state index is -0.571. The number of rotatable bonds is 6. The summed E-state index contributed by atoms with van der Waals surface area (Å²) in [5.74, 6) is -0.492. The summed E-state index contributed by atoms with van der Waals surface area (Å²) >= 11 is 0. The minimum Gasteiger partial charge on any atom is -0.396 e. The molecule has 0 aliphatic heterocycles. The first-order chi connectivity index (χ1) is 9.02. The third-order valence-electron chi connectivity index (χ3n) is 2.63. The molecule has 0 saturated heterocycles. The van der Waals surface area contributed by atoms with E-state index in [1.807, 2.05) is 18.2 Å². The summed E-state index contributed by atoms with van der Waals surface area (Å²) in [5, 5.41) is 14.1. The zero-order valence-electron chi connectivity index (χ0n) is 11.3. The molecule has 1 aromatic carbocycles. The van der Waals surface area contributed by atoms with Gasteiger partial charge in [0.15, 0.2) is 0 Å². The normalized spacial score (nSPS) is 11.7. The Bertz CT molecular complexity index is 446. The molecule has 5 heteroatoms. The van der Waals surface area contributed by atoms with Crippen LogP contribution in [0.2, 0.25) is 0 Å². The van der Waals surface area contributed by atoms with Gasteiger partial charge < -0.3 is 15.7 Å². The number of nitrogens with one attached hydrogen (secondary N) is 2. The number of aryl methyl sites for hydroxylation is 1. The molecule has 5 nitrogen and oxygen atoms in total. The lowest BCUT2D eigenvalue weighted by Crippen LogP contribution is -2.40. The van der Waals surface area contributed by atoms with Crippen LogP contribution in [0.15, 0.2) is 24.3 Å². The molecule has 1 aromatic rings. The first-order valence-corrected chi connectivity index (χ1v) is 6.30. The van der Waals surface area contributed by atoms with E-state index in [-0.39, 0.29) is 18.4 Å². The van der Waals surface area contributed by atoms with Gasteiger partial charge in [-0.2, -0.15) is 0 Å². The van der Waals surface area contributed by atoms with E-state index in [0.29, 0.717) is 12.1 Å². The molecule has 0 aromatic heterocycles. The highest BCUT2D eigenvalue weighted by atomic mass is 16.3. The van der Waals surface area contributed by atoms with E-state index in [1.54, 1.807) is 13.0 Å². The number of hydrogen-bond donors (Lipinski definition) is 3. The predicted octanol–water partition coefficient (Wildman–Crippen LogP) is 1.07. The number of carbonyl (C=O) groups is 2. The van der Waals surface area contributed by atoms with Gasteiger partial charge in [0.2, 0.25) is 11.8 Å². The summed E-state index contributed by atoms with van der Waals surface area (Å²) in [6.45, 7) is 3.15. The molecule has 0 fully saturated rings. The van der Waals surface area contributed by atoms with Gasteiger partial charge in [-0.15, -0.1) is 0 Å². The Kier molecular flexibility index (Phi) is 6.02. The van der Waals surface area contributed by atoms with Crippen molar-refractivity contribution in [3.8, 4) is 0 Å². The van der Waals surface area contributed by atoms with Crippen LogP contribution in [0, 0.1) is 0 Å². The van der Waals surface area contributed by atoms with E-state index in [4.69, 9.17) is 5.11 Å². The van der Waals surface area contributed by atoms with E-state index in [1.165, 1.54) is 6.92 Å². The molecule has 1 atom stereocenters. The summed E-state index contributed by atoms with van der Waals surface area (Å²) in [7, 11) is 0. The molecule has 0 aliphatic rings. The molecule has 0 radical (unpaired) electrons. The average molecular weight is 264 g/mol. The molecular weight excluding hydrogens is 244 g/mol. The molecule has 2 amide bonds. The maximum Gasteiger partial charge on any atom is 0.246 e. The standard InChI is InChI=1S/C14H20N2O3/c1-10(15-11(2)18)14(19)16-13-7-3-5-12(9-13)6-4-8-17/h3,5,7,9-10,17H,4,6,8H2,1-2H3,(H,15,18)(H,16,19). The van der Waals surface area contributed by atoms with Crippen molar-refractivity contribution in [1.29, 1.82) is 0 Å². The number of anilines is 1. The molecule has 104 valence electrons. The zero-order valence-corrected chi connectivity index (χ0v) is 11.3. The Morgan fingerprint density at radius 3 is 2.74 bits per heavy atom. The van der Waals surface area contributed by atoms with Gasteiger partial charge in [-0.3, -0.25) is 9.59 Å². The molecule has 3 N–H and O–H groups in total. The summed E-state index contributed by atoms with van der Waals surface area (Å²) < 4.78 is 0. The zero-order chi connectivity index (χ0) is 14.3. The Morgan fingerprint density at radius 1 is 1.37 bits per heavy atom. The number of aliphatic hydroxyl groups excluding tert-OH is 1. The molecule has 0 aliphatic carbocycles. The van der Waals surface area contributed by atoms with Crippen molar-refractivity contribution in [2.45, 2.75) is 32.7 Å². The van der Waals surface area contributed by atoms with Gasteiger partial charge in [0.1, 0.15) is 6.04 Å². The summed E-state index contributed by atoms with van der Waals surface area (Å²) in [6.07, 6.45) is 1.46. The number of aliphatic hydroxyl groups is 1. The first kappa shape index (κ1) is 15.2. The van der Waals surface area contributed by atoms with Crippen molar-refractivity contribution in [3.05, 3.63) is 29.8 Å². The lowest BCUT2D eigenvalue weighted by molar-refractivity contribution is -0.124. The fourth-order valence-corrected chi connectivity index (χ4v) is 1.71. The van der Waals surface area contributed by atoms with Gasteiger partial charge in [-0.25, -0.2) is 0 Å². The SMILES string of the molecule is CC(=O)NC(C)C(=O)Nc1cccc(CCCO)c1. The van der Waals surface area contributed by atoms with Crippen molar-refractivity contribution in [3.63, 3.8) is 0 Å². The number of benzene rings is 1. The van der Waals surface area contributed by atoms with Crippen LogP contribution in [0.4, 0.5) is 5.69 Å². The molecule has 0 spiro atoms. The van der Waals surface area contributed by atoms with Crippen LogP contribution in [0.1, 0.15) is 25.8 Å². The van der Waals surface area contributed by atoms with E-state index in [2.05, 4.69) is 10.6 Å². The lowest BCUT2D eigenvalue weighted by Gasteiger charge is -2.13. The van der Waals surface area contributed by atoms with E-state index < -0.39 is 6.04 Å². The Balaban J connectivity index is 2.61. The smallest absolute Gasteiger partial charge is 0.246 e. The van der Waals surface area contributed by atoms with Gasteiger partial charge in [0.05, 0.1) is 0 Å². The lowest BCUT2D eigenvalue weighted by atomic mass is 10.1. The van der Waals surface area contributed by atoms with Crippen LogP contribution in [-0.4, -0.2) is 29.6 Å². The van der Waals surface area contributed by atoms with Crippen molar-refractivity contribution < 1.29 is 14.7 Å². The van der Waals surface area contributed by atoms with E-state index in [9.17, 15) is 9.59 Å². The molecule has 1 unspecified atom stereocenters. The van der Waals surface area contributed by atoms with Crippen LogP contribution in [0.25, 0.3) is 0 Å². The first-order valence-electron chi connectivity index (χ1n) is 6.30. The van der Waals surface area contributed by atoms with Gasteiger partial charge in [-0.05, 0) is 37.5 Å². The fraction of sp³-hybridized carbons (Fsp3) is 0.429. The summed E-state index contributed by atoms with van der Waals surface area (Å²) in [5.41, 5.74) is 1.75. The Morgan fingerprint density at radius 2 is 2.11 bits per heavy atom. The van der Waals surface area contributed by atoms with Gasteiger partial charge in [0.25, 0.3) is 0 Å². The third-order valence-corrected chi connectivity index (χ3v) is 2.63. The van der Waals surface area contributed by atoms with Crippen LogP contribution in [0.5, 0.6) is 0 Å². The monoisotopic (exact) mass is 264 g/mol. The number of amides is 2. The van der Waals surface area contributed by atoms with E-state index in [0.717, 1.165) is 12.0 Å². The second-order valence-corrected chi connectivity index (χ2v) is 4.44. The average Bonchev–Trinajstić information content (AvgIpc) is 2.36. The molecule has 19 heavy (non-hydrogen) atoms. The van der Waals surface area contributed by atoms with Crippen molar-refractivity contribution in [2.24, 2.45) is 0 Å². The highest BCUT2D eigenvalue weighted by molar-refractivity contribution is 5.96. The molecule has 0 saturated carbocycles. The number of carbonyl (C=O) groups excluding carboxylic acids is 2. The van der Waals surface area contributed by atoms with Crippen LogP contribution >= 0.6 is 0 Å². The minimum absolute atomic E-state index is 0.149. The highest BCUT2D eigenvalue weighted by Crippen LogP contribution is 2.12.